The van der Waals surface area contributed by atoms with Crippen molar-refractivity contribution in [2.45, 2.75) is 26.8 Å². The summed E-state index contributed by atoms with van der Waals surface area (Å²) in [6, 6.07) is 10.0. The van der Waals surface area contributed by atoms with Gasteiger partial charge in [0.2, 0.25) is 0 Å². The van der Waals surface area contributed by atoms with Crippen molar-refractivity contribution in [1.82, 2.24) is 20.5 Å². The van der Waals surface area contributed by atoms with Crippen LogP contribution in [-0.2, 0) is 13.6 Å². The van der Waals surface area contributed by atoms with Gasteiger partial charge < -0.3 is 15.2 Å². The first-order valence-electron chi connectivity index (χ1n) is 11.3. The lowest BCUT2D eigenvalue weighted by Crippen LogP contribution is -2.22. The van der Waals surface area contributed by atoms with E-state index in [2.05, 4.69) is 25.7 Å². The van der Waals surface area contributed by atoms with Crippen molar-refractivity contribution in [1.29, 1.82) is 0 Å². The molecule has 39 heavy (non-hydrogen) atoms. The Morgan fingerprint density at radius 3 is 2.41 bits per heavy atom. The number of halogens is 3. The molecule has 0 fully saturated rings. The Morgan fingerprint density at radius 1 is 1.13 bits per heavy atom. The summed E-state index contributed by atoms with van der Waals surface area (Å²) in [5.74, 6) is -1.37. The number of alkyl halides is 3. The first-order valence-corrected chi connectivity index (χ1v) is 13.0. The molecule has 4 rings (SSSR count). The van der Waals surface area contributed by atoms with Crippen molar-refractivity contribution in [2.24, 2.45) is 12.1 Å². The van der Waals surface area contributed by atoms with Gasteiger partial charge in [0.1, 0.15) is 11.5 Å². The standard InChI is InChI=1S/C25H22F3N5O4S2/c1-13-10-16(32-33(13)3)11-29-23(35)19-8-9-20(39-19)24(36)31-30-14(2)18-12-38-22(21(18)34)15-4-6-17(7-5-15)37-25(26,27)28/h4-10,12,34H,11H2,1-3H3,(H,29,35)(H,31,36)/b30-14+. The molecule has 2 amide bonds. The van der Waals surface area contributed by atoms with Gasteiger partial charge in [-0.2, -0.15) is 10.2 Å². The van der Waals surface area contributed by atoms with E-state index in [0.29, 0.717) is 26.6 Å². The fraction of sp³-hybridized carbons (Fsp3) is 0.200. The zero-order valence-corrected chi connectivity index (χ0v) is 22.4. The molecule has 0 aliphatic rings. The highest BCUT2D eigenvalue weighted by molar-refractivity contribution is 7.16. The first-order chi connectivity index (χ1) is 18.4. The maximum Gasteiger partial charge on any atom is 0.573 e. The highest BCUT2D eigenvalue weighted by atomic mass is 32.1. The van der Waals surface area contributed by atoms with E-state index >= 15 is 0 Å². The van der Waals surface area contributed by atoms with Gasteiger partial charge in [0.05, 0.1) is 38.1 Å². The topological polar surface area (TPSA) is 118 Å². The fourth-order valence-electron chi connectivity index (χ4n) is 3.43. The Balaban J connectivity index is 1.37. The number of aromatic nitrogens is 2. The summed E-state index contributed by atoms with van der Waals surface area (Å²) in [6.07, 6.45) is -4.80. The Kier molecular flexibility index (Phi) is 8.06. The third-order valence-electron chi connectivity index (χ3n) is 5.48. The van der Waals surface area contributed by atoms with Gasteiger partial charge in [0.15, 0.2) is 0 Å². The lowest BCUT2D eigenvalue weighted by atomic mass is 10.1. The predicted octanol–water partition coefficient (Wildman–Crippen LogP) is 5.21. The van der Waals surface area contributed by atoms with E-state index in [1.807, 2.05) is 20.0 Å². The van der Waals surface area contributed by atoms with Crippen LogP contribution in [-0.4, -0.2) is 38.8 Å². The van der Waals surface area contributed by atoms with Gasteiger partial charge >= 0.3 is 6.36 Å². The normalized spacial score (nSPS) is 11.9. The number of hydrazone groups is 1. The maximum absolute atomic E-state index is 12.6. The molecule has 9 nitrogen and oxygen atoms in total. The monoisotopic (exact) mass is 577 g/mol. The number of rotatable bonds is 8. The summed E-state index contributed by atoms with van der Waals surface area (Å²) in [6.45, 7) is 3.74. The van der Waals surface area contributed by atoms with E-state index in [9.17, 15) is 27.9 Å². The van der Waals surface area contributed by atoms with Gasteiger partial charge in [-0.3, -0.25) is 14.3 Å². The number of nitrogens with zero attached hydrogens (tertiary/aromatic N) is 3. The summed E-state index contributed by atoms with van der Waals surface area (Å²) < 4.78 is 42.7. The number of hydrogen-bond donors (Lipinski definition) is 3. The zero-order valence-electron chi connectivity index (χ0n) is 20.8. The molecule has 0 aliphatic carbocycles. The minimum atomic E-state index is -4.80. The van der Waals surface area contributed by atoms with E-state index < -0.39 is 12.3 Å². The molecular formula is C25H22F3N5O4S2. The molecule has 3 heterocycles. The molecule has 0 saturated heterocycles. The number of ether oxygens (including phenoxy) is 1. The number of carbonyl (C=O) groups is 2. The van der Waals surface area contributed by atoms with Crippen LogP contribution in [0, 0.1) is 6.92 Å². The summed E-state index contributed by atoms with van der Waals surface area (Å²) in [4.78, 5) is 26.1. The average molecular weight is 578 g/mol. The Labute approximate surface area is 228 Å². The van der Waals surface area contributed by atoms with E-state index in [0.717, 1.165) is 46.2 Å². The second-order valence-corrected chi connectivity index (χ2v) is 10.2. The molecular weight excluding hydrogens is 555 g/mol. The molecule has 3 N–H and O–H groups in total. The Morgan fingerprint density at radius 2 is 1.79 bits per heavy atom. The minimum Gasteiger partial charge on any atom is -0.506 e. The lowest BCUT2D eigenvalue weighted by Gasteiger charge is -2.09. The molecule has 0 unspecified atom stereocenters. The minimum absolute atomic E-state index is 0.127. The Hall–Kier alpha value is -4.17. The van der Waals surface area contributed by atoms with Crippen LogP contribution < -0.4 is 15.5 Å². The van der Waals surface area contributed by atoms with Crippen LogP contribution in [0.4, 0.5) is 13.2 Å². The third-order valence-corrected chi connectivity index (χ3v) is 7.58. The van der Waals surface area contributed by atoms with Gasteiger partial charge in [-0.15, -0.1) is 35.8 Å². The van der Waals surface area contributed by atoms with Gasteiger partial charge in [-0.25, -0.2) is 5.43 Å². The van der Waals surface area contributed by atoms with Gasteiger partial charge in [0, 0.05) is 18.1 Å². The molecule has 14 heteroatoms. The molecule has 0 spiro atoms. The smallest absolute Gasteiger partial charge is 0.506 e. The maximum atomic E-state index is 12.6. The highest BCUT2D eigenvalue weighted by Crippen LogP contribution is 2.39. The average Bonchev–Trinajstić information content (AvgIpc) is 3.60. The number of benzene rings is 1. The van der Waals surface area contributed by atoms with E-state index in [1.165, 1.54) is 24.3 Å². The highest BCUT2D eigenvalue weighted by Gasteiger charge is 2.31. The van der Waals surface area contributed by atoms with Crippen LogP contribution in [0.3, 0.4) is 0 Å². The molecule has 204 valence electrons. The van der Waals surface area contributed by atoms with Gasteiger partial charge in [0.25, 0.3) is 11.8 Å². The SMILES string of the molecule is C/C(=N\NC(=O)c1ccc(C(=O)NCc2cc(C)n(C)n2)s1)c1csc(-c2ccc(OC(F)(F)F)cc2)c1O. The molecule has 0 saturated carbocycles. The molecule has 1 aromatic carbocycles. The number of aryl methyl sites for hydroxylation is 2. The summed E-state index contributed by atoms with van der Waals surface area (Å²) in [5.41, 5.74) is 5.23. The quantitative estimate of drug-likeness (QED) is 0.196. The van der Waals surface area contributed by atoms with Crippen molar-refractivity contribution in [3.63, 3.8) is 0 Å². The molecule has 0 aliphatic heterocycles. The molecule has 4 aromatic rings. The number of hydrogen-bond acceptors (Lipinski definition) is 8. The summed E-state index contributed by atoms with van der Waals surface area (Å²) >= 11 is 2.17. The number of amides is 2. The number of thiophene rings is 2. The second-order valence-electron chi connectivity index (χ2n) is 8.28. The fourth-order valence-corrected chi connectivity index (χ4v) is 5.26. The van der Waals surface area contributed by atoms with Crippen LogP contribution in [0.2, 0.25) is 0 Å². The van der Waals surface area contributed by atoms with E-state index in [1.54, 1.807) is 17.0 Å². The van der Waals surface area contributed by atoms with Crippen LogP contribution >= 0.6 is 22.7 Å². The third kappa shape index (κ3) is 6.83. The number of nitrogens with one attached hydrogen (secondary N) is 2. The number of carbonyl (C=O) groups excluding carboxylic acids is 2. The van der Waals surface area contributed by atoms with Crippen LogP contribution in [0.15, 0.2) is 52.9 Å². The number of aromatic hydroxyl groups is 1. The van der Waals surface area contributed by atoms with Crippen molar-refractivity contribution in [3.05, 3.63) is 74.6 Å². The predicted molar refractivity (Wildman–Crippen MR) is 141 cm³/mol. The first kappa shape index (κ1) is 27.9. The van der Waals surface area contributed by atoms with Crippen LogP contribution in [0.1, 0.15) is 43.2 Å². The lowest BCUT2D eigenvalue weighted by molar-refractivity contribution is -0.274. The van der Waals surface area contributed by atoms with E-state index in [-0.39, 0.29) is 28.8 Å². The van der Waals surface area contributed by atoms with Crippen molar-refractivity contribution < 1.29 is 32.6 Å². The van der Waals surface area contributed by atoms with Crippen LogP contribution in [0.5, 0.6) is 11.5 Å². The van der Waals surface area contributed by atoms with Gasteiger partial charge in [-0.1, -0.05) is 0 Å². The van der Waals surface area contributed by atoms with E-state index in [4.69, 9.17) is 0 Å². The largest absolute Gasteiger partial charge is 0.573 e. The molecule has 3 aromatic heterocycles. The zero-order chi connectivity index (χ0) is 28.3. The second kappa shape index (κ2) is 11.3. The summed E-state index contributed by atoms with van der Waals surface area (Å²) in [5, 5.41) is 23.4. The molecule has 0 radical (unpaired) electrons. The van der Waals surface area contributed by atoms with Gasteiger partial charge in [-0.05, 0) is 61.9 Å². The summed E-state index contributed by atoms with van der Waals surface area (Å²) in [7, 11) is 1.81. The van der Waals surface area contributed by atoms with Crippen molar-refractivity contribution in [2.75, 3.05) is 0 Å². The van der Waals surface area contributed by atoms with Crippen LogP contribution in [0.25, 0.3) is 10.4 Å². The van der Waals surface area contributed by atoms with Crippen molar-refractivity contribution >= 4 is 40.2 Å². The van der Waals surface area contributed by atoms with Crippen molar-refractivity contribution in [3.8, 4) is 21.9 Å². The molecule has 0 bridgehead atoms. The Bertz CT molecular complexity index is 1520. The molecule has 0 atom stereocenters.